The molecular weight excluding hydrogens is 430 g/mol. The lowest BCUT2D eigenvalue weighted by Crippen LogP contribution is -2.46. The van der Waals surface area contributed by atoms with E-state index < -0.39 is 0 Å². The number of rotatable bonds is 7. The SMILES string of the molecule is O=C(NCCCO)c1n[nH]c2c1CCN(C(=O)C1CCCN(Cc3ccco3)C1)C2.O=CO. The second kappa shape index (κ2) is 12.2. The molecule has 11 heteroatoms. The molecule has 1 saturated heterocycles. The number of nitrogens with one attached hydrogen (secondary N) is 2. The largest absolute Gasteiger partial charge is 0.483 e. The van der Waals surface area contributed by atoms with Gasteiger partial charge in [-0.3, -0.25) is 24.4 Å². The molecule has 4 rings (SSSR count). The van der Waals surface area contributed by atoms with E-state index in [2.05, 4.69) is 20.4 Å². The third-order valence-electron chi connectivity index (χ3n) is 5.89. The minimum atomic E-state index is -0.250. The predicted octanol–water partition coefficient (Wildman–Crippen LogP) is 0.613. The van der Waals surface area contributed by atoms with Crippen LogP contribution in [0.3, 0.4) is 0 Å². The zero-order valence-corrected chi connectivity index (χ0v) is 18.5. The molecule has 2 aromatic rings. The third kappa shape index (κ3) is 6.42. The second-order valence-corrected chi connectivity index (χ2v) is 8.13. The number of carbonyl (C=O) groups is 3. The van der Waals surface area contributed by atoms with Crippen LogP contribution in [-0.4, -0.2) is 81.3 Å². The van der Waals surface area contributed by atoms with Crippen LogP contribution in [-0.2, 0) is 29.1 Å². The van der Waals surface area contributed by atoms with E-state index in [0.717, 1.165) is 49.5 Å². The molecule has 0 aliphatic carbocycles. The van der Waals surface area contributed by atoms with Gasteiger partial charge in [0.25, 0.3) is 12.4 Å². The fourth-order valence-corrected chi connectivity index (χ4v) is 4.34. The highest BCUT2D eigenvalue weighted by molar-refractivity contribution is 5.94. The van der Waals surface area contributed by atoms with E-state index in [9.17, 15) is 9.59 Å². The molecule has 2 amide bonds. The van der Waals surface area contributed by atoms with E-state index in [1.54, 1.807) is 6.26 Å². The minimum absolute atomic E-state index is 0.0144. The lowest BCUT2D eigenvalue weighted by atomic mass is 9.95. The summed E-state index contributed by atoms with van der Waals surface area (Å²) < 4.78 is 5.45. The molecule has 33 heavy (non-hydrogen) atoms. The fourth-order valence-electron chi connectivity index (χ4n) is 4.34. The second-order valence-electron chi connectivity index (χ2n) is 8.13. The average molecular weight is 462 g/mol. The van der Waals surface area contributed by atoms with E-state index in [0.29, 0.717) is 38.2 Å². The summed E-state index contributed by atoms with van der Waals surface area (Å²) in [7, 11) is 0. The first-order chi connectivity index (χ1) is 16.1. The van der Waals surface area contributed by atoms with Gasteiger partial charge in [-0.2, -0.15) is 5.10 Å². The number of H-pyrrole nitrogens is 1. The number of amides is 2. The molecule has 11 nitrogen and oxygen atoms in total. The first-order valence-electron chi connectivity index (χ1n) is 11.1. The molecule has 1 unspecified atom stereocenters. The zero-order valence-electron chi connectivity index (χ0n) is 18.5. The Labute approximate surface area is 191 Å². The van der Waals surface area contributed by atoms with E-state index in [1.165, 1.54) is 0 Å². The van der Waals surface area contributed by atoms with Crippen LogP contribution in [0.4, 0.5) is 0 Å². The van der Waals surface area contributed by atoms with Crippen molar-refractivity contribution in [1.82, 2.24) is 25.3 Å². The number of aromatic amines is 1. The summed E-state index contributed by atoms with van der Waals surface area (Å²) in [6, 6.07) is 3.85. The predicted molar refractivity (Wildman–Crippen MR) is 117 cm³/mol. The quantitative estimate of drug-likeness (QED) is 0.346. The van der Waals surface area contributed by atoms with Crippen LogP contribution in [0.1, 0.15) is 46.8 Å². The fraction of sp³-hybridized carbons (Fsp3) is 0.545. The van der Waals surface area contributed by atoms with Gasteiger partial charge < -0.3 is 24.8 Å². The van der Waals surface area contributed by atoms with E-state index in [1.807, 2.05) is 17.0 Å². The van der Waals surface area contributed by atoms with Crippen LogP contribution in [0.15, 0.2) is 22.8 Å². The zero-order chi connectivity index (χ0) is 23.6. The van der Waals surface area contributed by atoms with Crippen molar-refractivity contribution in [3.63, 3.8) is 0 Å². The number of fused-ring (bicyclic) bond motifs is 1. The molecule has 4 heterocycles. The van der Waals surface area contributed by atoms with Crippen molar-refractivity contribution in [2.45, 2.75) is 38.8 Å². The number of carboxylic acid groups (broad SMARTS) is 1. The summed E-state index contributed by atoms with van der Waals surface area (Å²) in [4.78, 5) is 38.0. The minimum Gasteiger partial charge on any atom is -0.483 e. The molecule has 2 aliphatic rings. The van der Waals surface area contributed by atoms with Gasteiger partial charge in [0.2, 0.25) is 5.91 Å². The maximum atomic E-state index is 13.2. The van der Waals surface area contributed by atoms with Crippen molar-refractivity contribution in [1.29, 1.82) is 0 Å². The molecule has 0 aromatic carbocycles. The van der Waals surface area contributed by atoms with Crippen molar-refractivity contribution < 1.29 is 29.0 Å². The number of carbonyl (C=O) groups excluding carboxylic acids is 2. The summed E-state index contributed by atoms with van der Waals surface area (Å²) in [6.45, 7) is 3.70. The maximum absolute atomic E-state index is 13.2. The van der Waals surface area contributed by atoms with Crippen molar-refractivity contribution in [3.05, 3.63) is 41.1 Å². The Bertz CT molecular complexity index is 913. The van der Waals surface area contributed by atoms with Crippen molar-refractivity contribution in [3.8, 4) is 0 Å². The maximum Gasteiger partial charge on any atom is 0.290 e. The highest BCUT2D eigenvalue weighted by atomic mass is 16.3. The van der Waals surface area contributed by atoms with Crippen LogP contribution in [0, 0.1) is 5.92 Å². The molecule has 1 atom stereocenters. The van der Waals surface area contributed by atoms with E-state index in [-0.39, 0.29) is 30.8 Å². The van der Waals surface area contributed by atoms with Gasteiger partial charge in [0.05, 0.1) is 31.0 Å². The Morgan fingerprint density at radius 2 is 2.18 bits per heavy atom. The Morgan fingerprint density at radius 3 is 2.91 bits per heavy atom. The monoisotopic (exact) mass is 461 g/mol. The Balaban J connectivity index is 0.000000968. The highest BCUT2D eigenvalue weighted by Crippen LogP contribution is 2.25. The van der Waals surface area contributed by atoms with Gasteiger partial charge >= 0.3 is 0 Å². The number of furan rings is 1. The van der Waals surface area contributed by atoms with Crippen LogP contribution in [0.5, 0.6) is 0 Å². The van der Waals surface area contributed by atoms with E-state index in [4.69, 9.17) is 19.4 Å². The van der Waals surface area contributed by atoms with Gasteiger partial charge in [-0.1, -0.05) is 0 Å². The molecule has 0 radical (unpaired) electrons. The van der Waals surface area contributed by atoms with Crippen molar-refractivity contribution in [2.75, 3.05) is 32.8 Å². The third-order valence-corrected chi connectivity index (χ3v) is 5.89. The number of aliphatic hydroxyl groups is 1. The van der Waals surface area contributed by atoms with Crippen molar-refractivity contribution in [2.24, 2.45) is 5.92 Å². The van der Waals surface area contributed by atoms with Crippen LogP contribution in [0.25, 0.3) is 0 Å². The molecule has 0 bridgehead atoms. The number of aliphatic hydroxyl groups excluding tert-OH is 1. The summed E-state index contributed by atoms with van der Waals surface area (Å²) in [6.07, 6.45) is 4.71. The molecule has 0 saturated carbocycles. The first kappa shape index (κ1) is 24.5. The molecule has 4 N–H and O–H groups in total. The number of piperidine rings is 1. The highest BCUT2D eigenvalue weighted by Gasteiger charge is 2.33. The Morgan fingerprint density at radius 1 is 1.36 bits per heavy atom. The normalized spacial score (nSPS) is 18.1. The summed E-state index contributed by atoms with van der Waals surface area (Å²) in [5.41, 5.74) is 2.13. The van der Waals surface area contributed by atoms with Gasteiger partial charge in [-0.15, -0.1) is 0 Å². The molecule has 180 valence electrons. The standard InChI is InChI=1S/C21H29N5O4.CH2O2/c27-10-3-7-22-20(28)19-17-6-9-26(14-18(17)23-24-19)21(29)15-4-1-8-25(12-15)13-16-5-2-11-30-16;2-1-3/h2,5,11,15,27H,1,3-4,6-10,12-14H2,(H,22,28)(H,23,24);1H,(H,2,3). The van der Waals surface area contributed by atoms with Crippen molar-refractivity contribution >= 4 is 18.3 Å². The summed E-state index contributed by atoms with van der Waals surface area (Å²) >= 11 is 0. The van der Waals surface area contributed by atoms with Crippen LogP contribution >= 0.6 is 0 Å². The Kier molecular flexibility index (Phi) is 9.02. The number of hydrogen-bond donors (Lipinski definition) is 4. The van der Waals surface area contributed by atoms with Crippen LogP contribution in [0.2, 0.25) is 0 Å². The molecule has 2 aliphatic heterocycles. The average Bonchev–Trinajstić information content (AvgIpc) is 3.49. The number of aromatic nitrogens is 2. The smallest absolute Gasteiger partial charge is 0.290 e. The molecule has 2 aromatic heterocycles. The van der Waals surface area contributed by atoms with E-state index >= 15 is 0 Å². The number of nitrogens with zero attached hydrogens (tertiary/aromatic N) is 3. The van der Waals surface area contributed by atoms with Gasteiger partial charge in [0, 0.05) is 31.8 Å². The lowest BCUT2D eigenvalue weighted by Gasteiger charge is -2.35. The van der Waals surface area contributed by atoms with Crippen LogP contribution < -0.4 is 5.32 Å². The summed E-state index contributed by atoms with van der Waals surface area (Å²) in [5.74, 6) is 0.849. The Hall–Kier alpha value is -3.18. The lowest BCUT2D eigenvalue weighted by molar-refractivity contribution is -0.138. The molecular formula is C22H31N5O6. The number of hydrogen-bond acceptors (Lipinski definition) is 7. The first-order valence-corrected chi connectivity index (χ1v) is 11.1. The number of likely N-dealkylation sites (tertiary alicyclic amines) is 1. The molecule has 1 fully saturated rings. The summed E-state index contributed by atoms with van der Waals surface area (Å²) in [5, 5.41) is 25.6. The topological polar surface area (TPSA) is 152 Å². The van der Waals surface area contributed by atoms with Gasteiger partial charge in [0.1, 0.15) is 5.76 Å². The van der Waals surface area contributed by atoms with Gasteiger partial charge in [0.15, 0.2) is 5.69 Å². The van der Waals surface area contributed by atoms with Gasteiger partial charge in [-0.05, 0) is 44.4 Å². The molecule has 0 spiro atoms. The van der Waals surface area contributed by atoms with Gasteiger partial charge in [-0.25, -0.2) is 0 Å².